The van der Waals surface area contributed by atoms with Gasteiger partial charge in [-0.05, 0) is 18.9 Å². The molecule has 1 aromatic heterocycles. The fourth-order valence-corrected chi connectivity index (χ4v) is 2.53. The van der Waals surface area contributed by atoms with Crippen molar-refractivity contribution >= 4 is 5.91 Å². The fraction of sp³-hybridized carbons (Fsp3) is 0.571. The topological polar surface area (TPSA) is 71.3 Å². The van der Waals surface area contributed by atoms with E-state index in [0.717, 1.165) is 23.5 Å². The number of carbonyl (C=O) groups is 1. The quantitative estimate of drug-likeness (QED) is 0.875. The Balaban J connectivity index is 1.97. The molecule has 1 aromatic rings. The Morgan fingerprint density at radius 2 is 2.09 bits per heavy atom. The summed E-state index contributed by atoms with van der Waals surface area (Å²) < 4.78 is 38.5. The van der Waals surface area contributed by atoms with Crippen molar-refractivity contribution in [3.63, 3.8) is 0 Å². The first-order chi connectivity index (χ1) is 10.3. The number of hydrogen-bond acceptors (Lipinski definition) is 3. The highest BCUT2D eigenvalue weighted by molar-refractivity contribution is 5.75. The van der Waals surface area contributed by atoms with Gasteiger partial charge in [-0.15, -0.1) is 0 Å². The van der Waals surface area contributed by atoms with Crippen molar-refractivity contribution < 1.29 is 23.1 Å². The summed E-state index contributed by atoms with van der Waals surface area (Å²) in [4.78, 5) is 23.3. The molecular formula is C14H17F3N2O3. The highest BCUT2D eigenvalue weighted by atomic mass is 19.4. The van der Waals surface area contributed by atoms with Gasteiger partial charge in [0.2, 0.25) is 5.91 Å². The van der Waals surface area contributed by atoms with E-state index < -0.39 is 35.9 Å². The zero-order chi connectivity index (χ0) is 16.3. The maximum Gasteiger partial charge on any atom is 0.417 e. The van der Waals surface area contributed by atoms with E-state index in [1.54, 1.807) is 0 Å². The third-order valence-corrected chi connectivity index (χ3v) is 3.81. The predicted molar refractivity (Wildman–Crippen MR) is 72.1 cm³/mol. The number of pyridine rings is 1. The largest absolute Gasteiger partial charge is 0.417 e. The Morgan fingerprint density at radius 3 is 2.68 bits per heavy atom. The molecule has 2 N–H and O–H groups in total. The molecule has 0 spiro atoms. The van der Waals surface area contributed by atoms with Crippen molar-refractivity contribution in [1.29, 1.82) is 0 Å². The average Bonchev–Trinajstić information content (AvgIpc) is 2.83. The van der Waals surface area contributed by atoms with Crippen LogP contribution in [-0.2, 0) is 17.5 Å². The molecule has 2 rings (SSSR count). The number of aliphatic hydroxyl groups is 1. The number of carbonyl (C=O) groups excluding carboxylic acids is 1. The van der Waals surface area contributed by atoms with E-state index in [1.807, 2.05) is 0 Å². The van der Waals surface area contributed by atoms with Gasteiger partial charge in [-0.25, -0.2) is 0 Å². The molecule has 0 aliphatic heterocycles. The summed E-state index contributed by atoms with van der Waals surface area (Å²) in [6, 6.07) is 1.47. The van der Waals surface area contributed by atoms with Crippen LogP contribution in [-0.4, -0.2) is 28.2 Å². The monoisotopic (exact) mass is 318 g/mol. The van der Waals surface area contributed by atoms with Crippen LogP contribution in [0.3, 0.4) is 0 Å². The van der Waals surface area contributed by atoms with Crippen molar-refractivity contribution in [3.05, 3.63) is 34.2 Å². The number of aliphatic hydroxyl groups excluding tert-OH is 1. The molecule has 1 heterocycles. The van der Waals surface area contributed by atoms with Crippen LogP contribution < -0.4 is 10.9 Å². The van der Waals surface area contributed by atoms with Gasteiger partial charge < -0.3 is 15.0 Å². The van der Waals surface area contributed by atoms with Crippen molar-refractivity contribution in [1.82, 2.24) is 9.88 Å². The summed E-state index contributed by atoms with van der Waals surface area (Å²) in [5.74, 6) is -0.595. The van der Waals surface area contributed by atoms with Crippen molar-refractivity contribution in [2.45, 2.75) is 38.1 Å². The van der Waals surface area contributed by atoms with Crippen LogP contribution in [0.4, 0.5) is 13.2 Å². The Labute approximate surface area is 124 Å². The first kappa shape index (κ1) is 16.5. The first-order valence-corrected chi connectivity index (χ1v) is 7.00. The number of rotatable bonds is 4. The molecule has 22 heavy (non-hydrogen) atoms. The number of halogens is 3. The zero-order valence-corrected chi connectivity index (χ0v) is 11.8. The molecule has 0 aromatic carbocycles. The van der Waals surface area contributed by atoms with Crippen molar-refractivity contribution in [2.24, 2.45) is 5.92 Å². The van der Waals surface area contributed by atoms with E-state index in [0.29, 0.717) is 18.7 Å². The fourth-order valence-electron chi connectivity index (χ4n) is 2.53. The number of nitrogens with zero attached hydrogens (tertiary/aromatic N) is 1. The zero-order valence-electron chi connectivity index (χ0n) is 11.8. The van der Waals surface area contributed by atoms with Gasteiger partial charge in [-0.2, -0.15) is 13.2 Å². The Hall–Kier alpha value is -1.83. The molecule has 122 valence electrons. The summed E-state index contributed by atoms with van der Waals surface area (Å²) in [5.41, 5.74) is -1.66. The lowest BCUT2D eigenvalue weighted by Crippen LogP contribution is -2.36. The molecule has 2 unspecified atom stereocenters. The van der Waals surface area contributed by atoms with Gasteiger partial charge in [0.05, 0.1) is 11.7 Å². The maximum atomic E-state index is 12.6. The Bertz CT molecular complexity index is 598. The first-order valence-electron chi connectivity index (χ1n) is 7.00. The van der Waals surface area contributed by atoms with Crippen LogP contribution in [0.15, 0.2) is 23.1 Å². The van der Waals surface area contributed by atoms with Gasteiger partial charge in [0.1, 0.15) is 6.54 Å². The van der Waals surface area contributed by atoms with E-state index >= 15 is 0 Å². The second-order valence-electron chi connectivity index (χ2n) is 5.44. The van der Waals surface area contributed by atoms with Gasteiger partial charge in [-0.1, -0.05) is 6.42 Å². The predicted octanol–water partition coefficient (Wildman–Crippen LogP) is 1.14. The molecule has 1 amide bonds. The van der Waals surface area contributed by atoms with Crippen LogP contribution in [0, 0.1) is 5.92 Å². The smallest absolute Gasteiger partial charge is 0.393 e. The number of nitrogens with one attached hydrogen (secondary N) is 1. The highest BCUT2D eigenvalue weighted by Crippen LogP contribution is 2.28. The van der Waals surface area contributed by atoms with Gasteiger partial charge in [0.25, 0.3) is 5.56 Å². The van der Waals surface area contributed by atoms with E-state index in [1.165, 1.54) is 0 Å². The molecule has 8 heteroatoms. The second kappa shape index (κ2) is 6.51. The van der Waals surface area contributed by atoms with Crippen LogP contribution in [0.25, 0.3) is 0 Å². The third kappa shape index (κ3) is 4.09. The molecule has 0 bridgehead atoms. The molecular weight excluding hydrogens is 301 g/mol. The Kier molecular flexibility index (Phi) is 4.90. The van der Waals surface area contributed by atoms with E-state index in [-0.39, 0.29) is 12.5 Å². The maximum absolute atomic E-state index is 12.6. The minimum absolute atomic E-state index is 0.0396. The summed E-state index contributed by atoms with van der Waals surface area (Å²) >= 11 is 0. The SMILES string of the molecule is O=C(Cn1cc(C(F)(F)F)ccc1=O)NCC1CCCC1O. The van der Waals surface area contributed by atoms with Gasteiger partial charge in [-0.3, -0.25) is 9.59 Å². The van der Waals surface area contributed by atoms with Crippen LogP contribution in [0.1, 0.15) is 24.8 Å². The van der Waals surface area contributed by atoms with Gasteiger partial charge in [0, 0.05) is 24.7 Å². The number of hydrogen-bond donors (Lipinski definition) is 2. The van der Waals surface area contributed by atoms with Crippen LogP contribution in [0.5, 0.6) is 0 Å². The number of amides is 1. The lowest BCUT2D eigenvalue weighted by Gasteiger charge is -2.15. The van der Waals surface area contributed by atoms with Crippen LogP contribution in [0.2, 0.25) is 0 Å². The lowest BCUT2D eigenvalue weighted by atomic mass is 10.1. The standard InChI is InChI=1S/C14H17F3N2O3/c15-14(16,17)10-4-5-13(22)19(7-10)8-12(21)18-6-9-2-1-3-11(9)20/h4-5,7,9,11,20H,1-3,6,8H2,(H,18,21). The summed E-state index contributed by atoms with van der Waals surface area (Å²) in [6.07, 6.45) is -2.03. The molecule has 1 saturated carbocycles. The minimum Gasteiger partial charge on any atom is -0.393 e. The molecule has 2 atom stereocenters. The normalized spacial score (nSPS) is 21.8. The van der Waals surface area contributed by atoms with Gasteiger partial charge in [0.15, 0.2) is 0 Å². The van der Waals surface area contributed by atoms with Gasteiger partial charge >= 0.3 is 6.18 Å². The molecule has 0 saturated heterocycles. The van der Waals surface area contributed by atoms with E-state index in [4.69, 9.17) is 0 Å². The minimum atomic E-state index is -4.57. The van der Waals surface area contributed by atoms with Crippen LogP contribution >= 0.6 is 0 Å². The molecule has 5 nitrogen and oxygen atoms in total. The summed E-state index contributed by atoms with van der Waals surface area (Å²) in [6.45, 7) is -0.223. The molecule has 1 fully saturated rings. The van der Waals surface area contributed by atoms with Crippen molar-refractivity contribution in [2.75, 3.05) is 6.54 Å². The highest BCUT2D eigenvalue weighted by Gasteiger charge is 2.31. The van der Waals surface area contributed by atoms with Crippen molar-refractivity contribution in [3.8, 4) is 0 Å². The summed E-state index contributed by atoms with van der Waals surface area (Å²) in [5, 5.41) is 12.2. The number of alkyl halides is 3. The second-order valence-corrected chi connectivity index (χ2v) is 5.44. The van der Waals surface area contributed by atoms with E-state index in [9.17, 15) is 27.9 Å². The molecule has 1 aliphatic carbocycles. The number of aromatic nitrogens is 1. The lowest BCUT2D eigenvalue weighted by molar-refractivity contribution is -0.138. The molecule has 1 aliphatic rings. The third-order valence-electron chi connectivity index (χ3n) is 3.81. The molecule has 0 radical (unpaired) electrons. The summed E-state index contributed by atoms with van der Waals surface area (Å²) in [7, 11) is 0. The Morgan fingerprint density at radius 1 is 1.36 bits per heavy atom. The van der Waals surface area contributed by atoms with E-state index in [2.05, 4.69) is 5.32 Å². The average molecular weight is 318 g/mol.